The summed E-state index contributed by atoms with van der Waals surface area (Å²) in [6.07, 6.45) is 6.56. The molecule has 0 aliphatic rings. The lowest BCUT2D eigenvalue weighted by Gasteiger charge is -2.07. The molecule has 0 aromatic carbocycles. The van der Waals surface area contributed by atoms with Gasteiger partial charge in [-0.05, 0) is 31.9 Å². The first kappa shape index (κ1) is 17.4. The zero-order valence-corrected chi connectivity index (χ0v) is 13.9. The number of unbranched alkanes of at least 4 members (excludes halogenated alkanes) is 2. The fourth-order valence-corrected chi connectivity index (χ4v) is 3.18. The van der Waals surface area contributed by atoms with Crippen LogP contribution >= 0.6 is 11.8 Å². The molecule has 0 saturated carbocycles. The van der Waals surface area contributed by atoms with Gasteiger partial charge in [-0.15, -0.1) is 10.2 Å². The number of rotatable bonds is 9. The maximum atomic E-state index is 10.9. The van der Waals surface area contributed by atoms with E-state index >= 15 is 0 Å². The Labute approximate surface area is 139 Å². The van der Waals surface area contributed by atoms with Crippen LogP contribution in [0, 0.1) is 0 Å². The van der Waals surface area contributed by atoms with Crippen molar-refractivity contribution in [3.63, 3.8) is 0 Å². The van der Waals surface area contributed by atoms with E-state index in [-0.39, 0.29) is 5.91 Å². The first-order valence-corrected chi connectivity index (χ1v) is 8.64. The first-order chi connectivity index (χ1) is 11.3. The Kier molecular flexibility index (Phi) is 7.02. The summed E-state index contributed by atoms with van der Waals surface area (Å²) in [7, 11) is 0. The monoisotopic (exact) mass is 335 g/mol. The molecule has 2 rings (SSSR count). The van der Waals surface area contributed by atoms with Gasteiger partial charge in [0.15, 0.2) is 11.0 Å². The molecular weight excluding hydrogens is 314 g/mol. The minimum Gasteiger partial charge on any atom is -0.302 e. The van der Waals surface area contributed by atoms with Crippen LogP contribution < -0.4 is 5.48 Å². The Morgan fingerprint density at radius 2 is 2.04 bits per heavy atom. The van der Waals surface area contributed by atoms with Gasteiger partial charge in [0.05, 0.1) is 0 Å². The maximum absolute atomic E-state index is 10.9. The number of hydrogen-bond donors (Lipinski definition) is 2. The number of thioether (sulfide) groups is 1. The molecule has 1 amide bonds. The van der Waals surface area contributed by atoms with Crippen LogP contribution in [0.1, 0.15) is 32.6 Å². The van der Waals surface area contributed by atoms with Crippen LogP contribution in [0.15, 0.2) is 29.7 Å². The number of carbonyl (C=O) groups is 1. The number of carbonyl (C=O) groups excluding carboxylic acids is 1. The molecule has 0 saturated heterocycles. The Bertz CT molecular complexity index is 618. The van der Waals surface area contributed by atoms with Crippen molar-refractivity contribution in [1.29, 1.82) is 0 Å². The number of pyridine rings is 1. The van der Waals surface area contributed by atoms with E-state index in [2.05, 4.69) is 26.7 Å². The van der Waals surface area contributed by atoms with E-state index in [1.54, 1.807) is 29.6 Å². The van der Waals surface area contributed by atoms with Crippen LogP contribution in [0.3, 0.4) is 0 Å². The van der Waals surface area contributed by atoms with Gasteiger partial charge in [0.2, 0.25) is 5.91 Å². The lowest BCUT2D eigenvalue weighted by molar-refractivity contribution is -0.129. The summed E-state index contributed by atoms with van der Waals surface area (Å²) in [5.41, 5.74) is 2.66. The number of aromatic nitrogens is 4. The summed E-state index contributed by atoms with van der Waals surface area (Å²) < 4.78 is 2.10. The molecule has 0 spiro atoms. The number of amides is 1. The largest absolute Gasteiger partial charge is 0.302 e. The predicted octanol–water partition coefficient (Wildman–Crippen LogP) is 2.52. The molecule has 0 fully saturated rings. The second-order valence-corrected chi connectivity index (χ2v) is 6.04. The Hall–Kier alpha value is -1.93. The zero-order chi connectivity index (χ0) is 16.5. The molecule has 2 heterocycles. The summed E-state index contributed by atoms with van der Waals surface area (Å²) in [5, 5.41) is 17.9. The van der Waals surface area contributed by atoms with E-state index in [1.807, 2.05) is 12.1 Å². The topological polar surface area (TPSA) is 92.9 Å². The van der Waals surface area contributed by atoms with Crippen LogP contribution in [0.4, 0.5) is 0 Å². The Morgan fingerprint density at radius 3 is 2.74 bits per heavy atom. The summed E-state index contributed by atoms with van der Waals surface area (Å²) in [4.78, 5) is 14.9. The van der Waals surface area contributed by atoms with Crippen molar-refractivity contribution in [3.8, 4) is 11.4 Å². The third-order valence-electron chi connectivity index (χ3n) is 3.38. The number of hydrogen-bond acceptors (Lipinski definition) is 6. The maximum Gasteiger partial charge on any atom is 0.243 e. The number of nitrogens with one attached hydrogen (secondary N) is 1. The van der Waals surface area contributed by atoms with Gasteiger partial charge < -0.3 is 4.57 Å². The molecule has 124 valence electrons. The van der Waals surface area contributed by atoms with E-state index in [9.17, 15) is 4.79 Å². The number of hydroxylamine groups is 1. The molecule has 2 aromatic rings. The van der Waals surface area contributed by atoms with Gasteiger partial charge in [0.25, 0.3) is 0 Å². The fourth-order valence-electron chi connectivity index (χ4n) is 2.18. The van der Waals surface area contributed by atoms with Crippen LogP contribution in [-0.4, -0.2) is 36.6 Å². The molecule has 0 atom stereocenters. The molecule has 8 heteroatoms. The first-order valence-electron chi connectivity index (χ1n) is 7.65. The molecular formula is C15H21N5O2S. The van der Waals surface area contributed by atoms with Crippen molar-refractivity contribution in [2.75, 3.05) is 5.75 Å². The van der Waals surface area contributed by atoms with E-state index in [0.29, 0.717) is 6.42 Å². The normalized spacial score (nSPS) is 10.7. The standard InChI is InChI=1S/C15H21N5O2S/c1-2-20-14(12-7-9-16-10-8-12)17-18-15(20)23-11-5-3-4-6-13(21)19-22/h7-10,22H,2-6,11H2,1H3,(H,19,21). The Balaban J connectivity index is 1.84. The molecule has 0 aliphatic carbocycles. The van der Waals surface area contributed by atoms with E-state index in [0.717, 1.165) is 48.1 Å². The van der Waals surface area contributed by atoms with Crippen molar-refractivity contribution in [2.24, 2.45) is 0 Å². The van der Waals surface area contributed by atoms with Gasteiger partial charge in [0.1, 0.15) is 0 Å². The van der Waals surface area contributed by atoms with Gasteiger partial charge in [-0.3, -0.25) is 15.0 Å². The SMILES string of the molecule is CCn1c(SCCCCCC(=O)NO)nnc1-c1ccncc1. The van der Waals surface area contributed by atoms with Crippen LogP contribution in [-0.2, 0) is 11.3 Å². The highest BCUT2D eigenvalue weighted by atomic mass is 32.2. The quantitative estimate of drug-likeness (QED) is 0.316. The van der Waals surface area contributed by atoms with Crippen molar-refractivity contribution < 1.29 is 10.0 Å². The minimum absolute atomic E-state index is 0.328. The molecule has 7 nitrogen and oxygen atoms in total. The smallest absolute Gasteiger partial charge is 0.243 e. The minimum atomic E-state index is -0.328. The second-order valence-electron chi connectivity index (χ2n) is 4.98. The fraction of sp³-hybridized carbons (Fsp3) is 0.467. The highest BCUT2D eigenvalue weighted by molar-refractivity contribution is 7.99. The average molecular weight is 335 g/mol. The Morgan fingerprint density at radius 1 is 1.26 bits per heavy atom. The van der Waals surface area contributed by atoms with Crippen LogP contribution in [0.25, 0.3) is 11.4 Å². The van der Waals surface area contributed by atoms with Crippen LogP contribution in [0.5, 0.6) is 0 Å². The third kappa shape index (κ3) is 5.04. The van der Waals surface area contributed by atoms with Gasteiger partial charge in [-0.2, -0.15) is 0 Å². The van der Waals surface area contributed by atoms with Gasteiger partial charge in [0, 0.05) is 36.7 Å². The summed E-state index contributed by atoms with van der Waals surface area (Å²) in [6, 6.07) is 3.85. The summed E-state index contributed by atoms with van der Waals surface area (Å²) >= 11 is 1.68. The van der Waals surface area contributed by atoms with E-state index < -0.39 is 0 Å². The van der Waals surface area contributed by atoms with Gasteiger partial charge >= 0.3 is 0 Å². The molecule has 0 aliphatic heterocycles. The van der Waals surface area contributed by atoms with Crippen molar-refractivity contribution >= 4 is 17.7 Å². The summed E-state index contributed by atoms with van der Waals surface area (Å²) in [5.74, 6) is 1.46. The molecule has 0 unspecified atom stereocenters. The predicted molar refractivity (Wildman–Crippen MR) is 88.0 cm³/mol. The lowest BCUT2D eigenvalue weighted by atomic mass is 10.2. The molecule has 0 bridgehead atoms. The second kappa shape index (κ2) is 9.26. The van der Waals surface area contributed by atoms with E-state index in [4.69, 9.17) is 5.21 Å². The highest BCUT2D eigenvalue weighted by Crippen LogP contribution is 2.24. The zero-order valence-electron chi connectivity index (χ0n) is 13.1. The molecule has 23 heavy (non-hydrogen) atoms. The molecule has 2 N–H and O–H groups in total. The van der Waals surface area contributed by atoms with E-state index in [1.165, 1.54) is 0 Å². The van der Waals surface area contributed by atoms with Crippen molar-refractivity contribution in [2.45, 2.75) is 44.3 Å². The lowest BCUT2D eigenvalue weighted by Crippen LogP contribution is -2.17. The van der Waals surface area contributed by atoms with Gasteiger partial charge in [-0.25, -0.2) is 5.48 Å². The van der Waals surface area contributed by atoms with Crippen molar-refractivity contribution in [1.82, 2.24) is 25.2 Å². The number of nitrogens with zero attached hydrogens (tertiary/aromatic N) is 4. The van der Waals surface area contributed by atoms with Crippen molar-refractivity contribution in [3.05, 3.63) is 24.5 Å². The third-order valence-corrected chi connectivity index (χ3v) is 4.43. The molecule has 2 aromatic heterocycles. The summed E-state index contributed by atoms with van der Waals surface area (Å²) in [6.45, 7) is 2.88. The van der Waals surface area contributed by atoms with Gasteiger partial charge in [-0.1, -0.05) is 18.2 Å². The van der Waals surface area contributed by atoms with Crippen LogP contribution in [0.2, 0.25) is 0 Å². The highest BCUT2D eigenvalue weighted by Gasteiger charge is 2.12. The molecule has 0 radical (unpaired) electrons. The average Bonchev–Trinajstić information content (AvgIpc) is 3.01.